The maximum absolute atomic E-state index is 12.0. The molecule has 1 atom stereocenters. The van der Waals surface area contributed by atoms with Crippen molar-refractivity contribution in [2.45, 2.75) is 46.6 Å². The zero-order chi connectivity index (χ0) is 17.8. The first-order valence-corrected chi connectivity index (χ1v) is 8.83. The average molecular weight is 346 g/mol. The van der Waals surface area contributed by atoms with Crippen molar-refractivity contribution < 1.29 is 9.32 Å². The maximum Gasteiger partial charge on any atom is 0.226 e. The third-order valence-electron chi connectivity index (χ3n) is 4.55. The first kappa shape index (κ1) is 17.6. The van der Waals surface area contributed by atoms with E-state index in [4.69, 9.17) is 4.52 Å². The van der Waals surface area contributed by atoms with Crippen LogP contribution in [0.2, 0.25) is 0 Å². The quantitative estimate of drug-likeness (QED) is 0.860. The smallest absolute Gasteiger partial charge is 0.226 e. The molecule has 8 heteroatoms. The number of likely N-dealkylation sites (tertiary alicyclic amines) is 1. The second kappa shape index (κ2) is 7.77. The lowest BCUT2D eigenvalue weighted by atomic mass is 9.98. The monoisotopic (exact) mass is 346 g/mol. The largest absolute Gasteiger partial charge is 0.360 e. The van der Waals surface area contributed by atoms with Crippen LogP contribution in [0.15, 0.2) is 10.6 Å². The van der Waals surface area contributed by atoms with Gasteiger partial charge < -0.3 is 14.7 Å². The molecule has 0 spiro atoms. The second-order valence-electron chi connectivity index (χ2n) is 6.82. The summed E-state index contributed by atoms with van der Waals surface area (Å²) in [7, 11) is 0. The van der Waals surface area contributed by atoms with Crippen molar-refractivity contribution in [3.05, 3.63) is 23.5 Å². The van der Waals surface area contributed by atoms with Crippen LogP contribution in [0.1, 0.15) is 36.7 Å². The molecule has 2 aromatic heterocycles. The van der Waals surface area contributed by atoms with E-state index in [0.717, 1.165) is 44.2 Å². The number of piperidine rings is 1. The minimum atomic E-state index is -0.0295. The second-order valence-corrected chi connectivity index (χ2v) is 6.82. The minimum absolute atomic E-state index is 0.0295. The van der Waals surface area contributed by atoms with Crippen LogP contribution in [0.25, 0.3) is 0 Å². The Morgan fingerprint density at radius 3 is 2.92 bits per heavy atom. The highest BCUT2D eigenvalue weighted by Gasteiger charge is 2.22. The Bertz CT molecular complexity index is 723. The number of hydrogen-bond acceptors (Lipinski definition) is 6. The average Bonchev–Trinajstić information content (AvgIpc) is 3.11. The van der Waals surface area contributed by atoms with Gasteiger partial charge in [-0.05, 0) is 46.1 Å². The highest BCUT2D eigenvalue weighted by atomic mass is 16.5. The number of aromatic nitrogens is 4. The van der Waals surface area contributed by atoms with Crippen LogP contribution in [-0.4, -0.2) is 50.4 Å². The molecule has 0 radical (unpaired) electrons. The number of hydrogen-bond donors (Lipinski definition) is 1. The predicted octanol–water partition coefficient (Wildman–Crippen LogP) is 1.93. The molecule has 1 fully saturated rings. The van der Waals surface area contributed by atoms with Crippen molar-refractivity contribution in [2.24, 2.45) is 5.92 Å². The summed E-state index contributed by atoms with van der Waals surface area (Å²) >= 11 is 0. The van der Waals surface area contributed by atoms with Crippen LogP contribution in [0.5, 0.6) is 0 Å². The number of aryl methyl sites for hydroxylation is 3. The van der Waals surface area contributed by atoms with Gasteiger partial charge in [0.1, 0.15) is 17.4 Å². The summed E-state index contributed by atoms with van der Waals surface area (Å²) in [6, 6.07) is 1.72. The maximum atomic E-state index is 12.0. The Labute approximate surface area is 147 Å². The van der Waals surface area contributed by atoms with Crippen LogP contribution in [0.3, 0.4) is 0 Å². The lowest BCUT2D eigenvalue weighted by Gasteiger charge is -2.32. The van der Waals surface area contributed by atoms with E-state index in [1.54, 1.807) is 13.0 Å². The molecule has 2 aromatic rings. The number of carbonyl (C=O) groups excluding carboxylic acids is 1. The van der Waals surface area contributed by atoms with E-state index in [1.807, 2.05) is 18.5 Å². The van der Waals surface area contributed by atoms with Crippen LogP contribution in [0, 0.1) is 26.7 Å². The highest BCUT2D eigenvalue weighted by molar-refractivity contribution is 5.89. The molecular formula is C17H26N6O2. The standard InChI is InChI=1S/C17H26N6O2/c1-12-9-16(21-25-12)19-17(24)6-8-22-7-4-5-15(10-22)11-23-14(3)18-13(2)20-23/h9,15H,4-8,10-11H2,1-3H3,(H,19,21,24)/t15-/m1/s1. The molecule has 1 saturated heterocycles. The number of rotatable bonds is 6. The van der Waals surface area contributed by atoms with Gasteiger partial charge in [-0.3, -0.25) is 4.79 Å². The molecule has 1 amide bonds. The van der Waals surface area contributed by atoms with Crippen molar-refractivity contribution >= 4 is 11.7 Å². The van der Waals surface area contributed by atoms with Crippen LogP contribution in [0.4, 0.5) is 5.82 Å². The van der Waals surface area contributed by atoms with Crippen molar-refractivity contribution in [1.29, 1.82) is 0 Å². The molecule has 0 bridgehead atoms. The lowest BCUT2D eigenvalue weighted by Crippen LogP contribution is -2.38. The molecular weight excluding hydrogens is 320 g/mol. The number of anilines is 1. The Morgan fingerprint density at radius 2 is 2.24 bits per heavy atom. The van der Waals surface area contributed by atoms with E-state index in [0.29, 0.717) is 23.9 Å². The van der Waals surface area contributed by atoms with Gasteiger partial charge >= 0.3 is 0 Å². The normalized spacial score (nSPS) is 18.4. The van der Waals surface area contributed by atoms with Gasteiger partial charge in [0.25, 0.3) is 0 Å². The van der Waals surface area contributed by atoms with E-state index < -0.39 is 0 Å². The highest BCUT2D eigenvalue weighted by Crippen LogP contribution is 2.19. The summed E-state index contributed by atoms with van der Waals surface area (Å²) in [5.74, 6) is 3.48. The molecule has 1 aliphatic heterocycles. The summed E-state index contributed by atoms with van der Waals surface area (Å²) in [6.45, 7) is 9.41. The van der Waals surface area contributed by atoms with Gasteiger partial charge in [0.15, 0.2) is 5.82 Å². The third-order valence-corrected chi connectivity index (χ3v) is 4.55. The first-order valence-electron chi connectivity index (χ1n) is 8.83. The predicted molar refractivity (Wildman–Crippen MR) is 93.1 cm³/mol. The summed E-state index contributed by atoms with van der Waals surface area (Å²) in [4.78, 5) is 18.8. The molecule has 1 aliphatic rings. The molecule has 0 unspecified atom stereocenters. The SMILES string of the molecule is Cc1nc(C)n(C[C@@H]2CCCN(CCC(=O)Nc3cc(C)on3)C2)n1. The Kier molecular flexibility index (Phi) is 5.47. The molecule has 3 rings (SSSR count). The number of amides is 1. The number of carbonyl (C=O) groups is 1. The summed E-state index contributed by atoms with van der Waals surface area (Å²) in [6.07, 6.45) is 2.81. The fourth-order valence-corrected chi connectivity index (χ4v) is 3.37. The summed E-state index contributed by atoms with van der Waals surface area (Å²) in [5, 5.41) is 11.0. The zero-order valence-corrected chi connectivity index (χ0v) is 15.2. The first-order chi connectivity index (χ1) is 12.0. The molecule has 0 aromatic carbocycles. The molecule has 3 heterocycles. The van der Waals surface area contributed by atoms with Gasteiger partial charge in [-0.15, -0.1) is 0 Å². The Morgan fingerprint density at radius 1 is 1.40 bits per heavy atom. The van der Waals surface area contributed by atoms with E-state index in [2.05, 4.69) is 25.5 Å². The van der Waals surface area contributed by atoms with Crippen LogP contribution < -0.4 is 5.32 Å². The molecule has 0 aliphatic carbocycles. The fraction of sp³-hybridized carbons (Fsp3) is 0.647. The van der Waals surface area contributed by atoms with Gasteiger partial charge in [0, 0.05) is 32.1 Å². The lowest BCUT2D eigenvalue weighted by molar-refractivity contribution is -0.116. The van der Waals surface area contributed by atoms with Crippen LogP contribution in [-0.2, 0) is 11.3 Å². The van der Waals surface area contributed by atoms with Gasteiger partial charge in [-0.2, -0.15) is 5.10 Å². The molecule has 8 nitrogen and oxygen atoms in total. The molecule has 25 heavy (non-hydrogen) atoms. The Hall–Kier alpha value is -2.22. The molecule has 136 valence electrons. The summed E-state index contributed by atoms with van der Waals surface area (Å²) < 4.78 is 6.96. The molecule has 1 N–H and O–H groups in total. The number of nitrogens with zero attached hydrogens (tertiary/aromatic N) is 5. The molecule has 0 saturated carbocycles. The Balaban J connectivity index is 1.45. The minimum Gasteiger partial charge on any atom is -0.360 e. The van der Waals surface area contributed by atoms with E-state index >= 15 is 0 Å². The third kappa shape index (κ3) is 4.88. The van der Waals surface area contributed by atoms with Crippen molar-refractivity contribution in [3.8, 4) is 0 Å². The zero-order valence-electron chi connectivity index (χ0n) is 15.2. The van der Waals surface area contributed by atoms with Gasteiger partial charge in [0.05, 0.1) is 0 Å². The summed E-state index contributed by atoms with van der Waals surface area (Å²) in [5.41, 5.74) is 0. The van der Waals surface area contributed by atoms with Gasteiger partial charge in [0.2, 0.25) is 5.91 Å². The number of nitrogens with one attached hydrogen (secondary N) is 1. The van der Waals surface area contributed by atoms with Crippen LogP contribution >= 0.6 is 0 Å². The fourth-order valence-electron chi connectivity index (χ4n) is 3.37. The van der Waals surface area contributed by atoms with Crippen molar-refractivity contribution in [1.82, 2.24) is 24.8 Å². The van der Waals surface area contributed by atoms with E-state index in [1.165, 1.54) is 6.42 Å². The van der Waals surface area contributed by atoms with Gasteiger partial charge in [-0.1, -0.05) is 5.16 Å². The topological polar surface area (TPSA) is 89.1 Å². The van der Waals surface area contributed by atoms with Crippen molar-refractivity contribution in [3.63, 3.8) is 0 Å². The van der Waals surface area contributed by atoms with E-state index in [-0.39, 0.29) is 5.91 Å². The van der Waals surface area contributed by atoms with Gasteiger partial charge in [-0.25, -0.2) is 9.67 Å². The van der Waals surface area contributed by atoms with E-state index in [9.17, 15) is 4.79 Å². The van der Waals surface area contributed by atoms with Crippen molar-refractivity contribution in [2.75, 3.05) is 25.0 Å².